The summed E-state index contributed by atoms with van der Waals surface area (Å²) in [6.07, 6.45) is 0. The third-order valence-corrected chi connectivity index (χ3v) is 0.900. The summed E-state index contributed by atoms with van der Waals surface area (Å²) < 4.78 is 4.43. The van der Waals surface area contributed by atoms with Crippen LogP contribution in [0, 0.1) is 0 Å². The number of ether oxygens (including phenoxy) is 1. The number of carbonyl (C=O) groups is 2. The standard InChI is InChI=1S/C6H11NO5.2Na.2H/c8-1-2-12-6(11)4-7-3-5(9)10;;;;/h7-8H,1-4H2,(H,9,10);;;;/q;2*+1;2*-1. The van der Waals surface area contributed by atoms with Crippen LogP contribution in [-0.4, -0.2) is 48.5 Å². The Kier molecular flexibility index (Phi) is 20.1. The maximum absolute atomic E-state index is 10.6. The second kappa shape index (κ2) is 13.9. The third-order valence-electron chi connectivity index (χ3n) is 0.900. The number of nitrogens with one attached hydrogen (secondary N) is 1. The average Bonchev–Trinajstić information content (AvgIpc) is 2.00. The Morgan fingerprint density at radius 2 is 1.86 bits per heavy atom. The van der Waals surface area contributed by atoms with Crippen molar-refractivity contribution in [3.05, 3.63) is 0 Å². The molecule has 0 aromatic carbocycles. The number of hydrogen-bond donors (Lipinski definition) is 3. The summed E-state index contributed by atoms with van der Waals surface area (Å²) in [5.41, 5.74) is 0. The summed E-state index contributed by atoms with van der Waals surface area (Å²) in [6.45, 7) is -0.737. The fourth-order valence-corrected chi connectivity index (χ4v) is 0.482. The van der Waals surface area contributed by atoms with Crippen molar-refractivity contribution >= 4 is 11.9 Å². The Morgan fingerprint density at radius 3 is 2.29 bits per heavy atom. The van der Waals surface area contributed by atoms with Crippen LogP contribution in [0.2, 0.25) is 0 Å². The summed E-state index contributed by atoms with van der Waals surface area (Å²) >= 11 is 0. The molecule has 8 heteroatoms. The normalized spacial score (nSPS) is 8.07. The van der Waals surface area contributed by atoms with Gasteiger partial charge in [-0.05, 0) is 0 Å². The molecule has 0 aliphatic heterocycles. The summed E-state index contributed by atoms with van der Waals surface area (Å²) in [7, 11) is 0. The molecule has 0 aromatic rings. The van der Waals surface area contributed by atoms with Crippen molar-refractivity contribution in [1.29, 1.82) is 0 Å². The number of rotatable bonds is 6. The first-order chi connectivity index (χ1) is 5.66. The molecule has 0 radical (unpaired) electrons. The van der Waals surface area contributed by atoms with Gasteiger partial charge in [0, 0.05) is 0 Å². The molecule has 3 N–H and O–H groups in total. The summed E-state index contributed by atoms with van der Waals surface area (Å²) in [4.78, 5) is 20.5. The number of aliphatic hydroxyl groups excluding tert-OH is 1. The van der Waals surface area contributed by atoms with Crippen LogP contribution in [0.4, 0.5) is 0 Å². The van der Waals surface area contributed by atoms with E-state index in [0.717, 1.165) is 0 Å². The Morgan fingerprint density at radius 1 is 1.29 bits per heavy atom. The monoisotopic (exact) mass is 225 g/mol. The fraction of sp³-hybridized carbons (Fsp3) is 0.667. The Labute approximate surface area is 129 Å². The van der Waals surface area contributed by atoms with Gasteiger partial charge in [0.2, 0.25) is 0 Å². The van der Waals surface area contributed by atoms with Crippen LogP contribution >= 0.6 is 0 Å². The molecule has 0 fully saturated rings. The zero-order valence-corrected chi connectivity index (χ0v) is 12.4. The van der Waals surface area contributed by atoms with Gasteiger partial charge in [0.05, 0.1) is 19.7 Å². The Balaban J connectivity index is -0.000000101. The first kappa shape index (κ1) is 20.3. The minimum absolute atomic E-state index is 0. The van der Waals surface area contributed by atoms with Crippen molar-refractivity contribution < 1.29 is 86.5 Å². The quantitative estimate of drug-likeness (QED) is 0.307. The van der Waals surface area contributed by atoms with Gasteiger partial charge in [0.15, 0.2) is 0 Å². The van der Waals surface area contributed by atoms with E-state index in [1.165, 1.54) is 0 Å². The number of esters is 1. The number of carboxylic acid groups (broad SMARTS) is 1. The van der Waals surface area contributed by atoms with Crippen molar-refractivity contribution in [3.63, 3.8) is 0 Å². The molecule has 0 saturated heterocycles. The molecule has 6 nitrogen and oxygen atoms in total. The van der Waals surface area contributed by atoms with Gasteiger partial charge in [-0.25, -0.2) is 0 Å². The summed E-state index contributed by atoms with van der Waals surface area (Å²) in [5.74, 6) is -1.62. The predicted molar refractivity (Wildman–Crippen MR) is 40.8 cm³/mol. The van der Waals surface area contributed by atoms with Crippen LogP contribution in [0.25, 0.3) is 0 Å². The van der Waals surface area contributed by atoms with Crippen LogP contribution in [0.1, 0.15) is 2.85 Å². The molecule has 0 aliphatic rings. The van der Waals surface area contributed by atoms with Gasteiger partial charge in [0.1, 0.15) is 6.61 Å². The van der Waals surface area contributed by atoms with Crippen LogP contribution in [0.15, 0.2) is 0 Å². The molecule has 0 rings (SSSR count). The molecule has 74 valence electrons. The third kappa shape index (κ3) is 15.3. The molecule has 0 unspecified atom stereocenters. The maximum atomic E-state index is 10.6. The molecular weight excluding hydrogens is 212 g/mol. The van der Waals surface area contributed by atoms with Crippen LogP contribution in [0.3, 0.4) is 0 Å². The molecule has 0 spiro atoms. The largest absolute Gasteiger partial charge is 1.00 e. The van der Waals surface area contributed by atoms with Gasteiger partial charge < -0.3 is 17.8 Å². The minimum Gasteiger partial charge on any atom is -1.00 e. The van der Waals surface area contributed by atoms with Gasteiger partial charge in [-0.1, -0.05) is 0 Å². The molecule has 0 bridgehead atoms. The van der Waals surface area contributed by atoms with Gasteiger partial charge in [0.25, 0.3) is 0 Å². The molecule has 0 heterocycles. The van der Waals surface area contributed by atoms with E-state index in [1.54, 1.807) is 0 Å². The van der Waals surface area contributed by atoms with Crippen LogP contribution < -0.4 is 64.4 Å². The minimum atomic E-state index is -1.04. The summed E-state index contributed by atoms with van der Waals surface area (Å²) in [6, 6.07) is 0. The van der Waals surface area contributed by atoms with Crippen molar-refractivity contribution in [2.75, 3.05) is 26.3 Å². The predicted octanol–water partition coefficient (Wildman–Crippen LogP) is -7.57. The van der Waals surface area contributed by atoms with E-state index < -0.39 is 11.9 Å². The van der Waals surface area contributed by atoms with Crippen LogP contribution in [-0.2, 0) is 14.3 Å². The average molecular weight is 225 g/mol. The maximum Gasteiger partial charge on any atom is 1.00 e. The van der Waals surface area contributed by atoms with E-state index in [9.17, 15) is 9.59 Å². The first-order valence-corrected chi connectivity index (χ1v) is 3.36. The molecule has 14 heavy (non-hydrogen) atoms. The SMILES string of the molecule is O=C(O)CNCC(=O)OCCO.[H-].[H-].[Na+].[Na+]. The first-order valence-electron chi connectivity index (χ1n) is 3.36. The smallest absolute Gasteiger partial charge is 1.00 e. The van der Waals surface area contributed by atoms with Gasteiger partial charge in [-0.2, -0.15) is 0 Å². The molecular formula is C6H13NNa2O5. The molecule has 0 aromatic heterocycles. The number of hydrogen-bond acceptors (Lipinski definition) is 5. The zero-order valence-electron chi connectivity index (χ0n) is 10.4. The van der Waals surface area contributed by atoms with E-state index in [0.29, 0.717) is 0 Å². The Bertz CT molecular complexity index is 175. The van der Waals surface area contributed by atoms with E-state index >= 15 is 0 Å². The Hall–Kier alpha value is 0.860. The van der Waals surface area contributed by atoms with E-state index in [2.05, 4.69) is 10.1 Å². The topological polar surface area (TPSA) is 95.9 Å². The van der Waals surface area contributed by atoms with Gasteiger partial charge in [-0.3, -0.25) is 14.9 Å². The zero-order chi connectivity index (χ0) is 9.40. The van der Waals surface area contributed by atoms with Crippen molar-refractivity contribution in [2.24, 2.45) is 0 Å². The summed E-state index contributed by atoms with van der Waals surface area (Å²) in [5, 5.41) is 18.7. The van der Waals surface area contributed by atoms with Crippen molar-refractivity contribution in [2.45, 2.75) is 0 Å². The number of carboxylic acids is 1. The van der Waals surface area contributed by atoms with Crippen molar-refractivity contribution in [3.8, 4) is 0 Å². The molecule has 0 amide bonds. The molecule has 0 atom stereocenters. The molecule has 0 saturated carbocycles. The number of aliphatic carboxylic acids is 1. The van der Waals surface area contributed by atoms with E-state index in [4.69, 9.17) is 10.2 Å². The van der Waals surface area contributed by atoms with Crippen molar-refractivity contribution in [1.82, 2.24) is 5.32 Å². The molecule has 0 aliphatic carbocycles. The second-order valence-corrected chi connectivity index (χ2v) is 1.94. The van der Waals surface area contributed by atoms with Gasteiger partial charge in [-0.15, -0.1) is 0 Å². The van der Waals surface area contributed by atoms with Crippen LogP contribution in [0.5, 0.6) is 0 Å². The van der Waals surface area contributed by atoms with E-state index in [-0.39, 0.29) is 88.3 Å². The fourth-order valence-electron chi connectivity index (χ4n) is 0.482. The second-order valence-electron chi connectivity index (χ2n) is 1.94. The number of aliphatic hydroxyl groups is 1. The van der Waals surface area contributed by atoms with E-state index in [1.807, 2.05) is 0 Å². The van der Waals surface area contributed by atoms with Gasteiger partial charge >= 0.3 is 71.1 Å². The number of carbonyl (C=O) groups excluding carboxylic acids is 1.